The maximum atomic E-state index is 12.4. The highest BCUT2D eigenvalue weighted by Crippen LogP contribution is 2.34. The number of halogens is 1. The van der Waals surface area contributed by atoms with Crippen LogP contribution in [0.15, 0.2) is 28.7 Å². The van der Waals surface area contributed by atoms with E-state index in [2.05, 4.69) is 21.2 Å². The van der Waals surface area contributed by atoms with Crippen LogP contribution in [0, 0.1) is 5.41 Å². The number of ketones is 1. The van der Waals surface area contributed by atoms with E-state index in [0.29, 0.717) is 19.4 Å². The highest BCUT2D eigenvalue weighted by molar-refractivity contribution is 9.10. The second kappa shape index (κ2) is 6.50. The number of hydrogen-bond donors (Lipinski definition) is 1. The molecule has 1 unspecified atom stereocenters. The van der Waals surface area contributed by atoms with E-state index in [-0.39, 0.29) is 18.9 Å². The predicted molar refractivity (Wildman–Crippen MR) is 79.4 cm³/mol. The first-order valence-electron chi connectivity index (χ1n) is 6.75. The summed E-state index contributed by atoms with van der Waals surface area (Å²) in [5, 5.41) is 3.02. The van der Waals surface area contributed by atoms with Gasteiger partial charge in [-0.05, 0) is 37.9 Å². The summed E-state index contributed by atoms with van der Waals surface area (Å²) in [4.78, 5) is 24.7. The summed E-state index contributed by atoms with van der Waals surface area (Å²) in [6, 6.07) is 7.67. The zero-order chi connectivity index (χ0) is 14.6. The van der Waals surface area contributed by atoms with Crippen LogP contribution in [0.1, 0.15) is 18.9 Å². The average molecular weight is 340 g/mol. The third kappa shape index (κ3) is 2.94. The predicted octanol–water partition coefficient (Wildman–Crippen LogP) is 2.10. The molecule has 1 heterocycles. The van der Waals surface area contributed by atoms with Crippen LogP contribution >= 0.6 is 15.9 Å². The summed E-state index contributed by atoms with van der Waals surface area (Å²) in [5.74, 6) is -0.486. The average Bonchev–Trinajstić information content (AvgIpc) is 2.44. The van der Waals surface area contributed by atoms with Crippen molar-refractivity contribution in [1.29, 1.82) is 0 Å². The van der Waals surface area contributed by atoms with Crippen molar-refractivity contribution in [1.82, 2.24) is 5.32 Å². The lowest BCUT2D eigenvalue weighted by atomic mass is 9.73. The molecule has 0 aliphatic carbocycles. The maximum absolute atomic E-state index is 12.4. The minimum atomic E-state index is -1.05. The monoisotopic (exact) mass is 339 g/mol. The number of esters is 1. The minimum Gasteiger partial charge on any atom is -0.465 e. The molecule has 0 saturated carbocycles. The Hall–Kier alpha value is -1.20. The maximum Gasteiger partial charge on any atom is 0.320 e. The molecule has 1 atom stereocenters. The molecule has 1 aliphatic rings. The number of ether oxygens (including phenoxy) is 1. The second-order valence-electron chi connectivity index (χ2n) is 4.92. The van der Waals surface area contributed by atoms with Gasteiger partial charge in [0, 0.05) is 4.47 Å². The smallest absolute Gasteiger partial charge is 0.320 e. The first-order valence-corrected chi connectivity index (χ1v) is 7.54. The molecule has 108 valence electrons. The van der Waals surface area contributed by atoms with E-state index < -0.39 is 11.4 Å². The van der Waals surface area contributed by atoms with E-state index in [0.717, 1.165) is 10.0 Å². The van der Waals surface area contributed by atoms with E-state index in [1.165, 1.54) is 0 Å². The summed E-state index contributed by atoms with van der Waals surface area (Å²) in [6.45, 7) is 2.92. The van der Waals surface area contributed by atoms with Crippen LogP contribution < -0.4 is 5.32 Å². The number of carbonyl (C=O) groups excluding carboxylic acids is 2. The zero-order valence-corrected chi connectivity index (χ0v) is 13.0. The van der Waals surface area contributed by atoms with Crippen LogP contribution in [0.3, 0.4) is 0 Å². The Morgan fingerprint density at radius 2 is 2.20 bits per heavy atom. The lowest BCUT2D eigenvalue weighted by Crippen LogP contribution is -2.52. The van der Waals surface area contributed by atoms with Crippen LogP contribution in [-0.4, -0.2) is 31.4 Å². The molecule has 20 heavy (non-hydrogen) atoms. The van der Waals surface area contributed by atoms with E-state index in [4.69, 9.17) is 4.74 Å². The largest absolute Gasteiger partial charge is 0.465 e. The molecule has 0 bridgehead atoms. The summed E-state index contributed by atoms with van der Waals surface area (Å²) in [6.07, 6.45) is 0.861. The first-order chi connectivity index (χ1) is 9.60. The topological polar surface area (TPSA) is 55.4 Å². The Morgan fingerprint density at radius 1 is 1.45 bits per heavy atom. The molecule has 0 radical (unpaired) electrons. The van der Waals surface area contributed by atoms with Gasteiger partial charge in [0.1, 0.15) is 5.41 Å². The summed E-state index contributed by atoms with van der Waals surface area (Å²) in [7, 11) is 0. The highest BCUT2D eigenvalue weighted by atomic mass is 79.9. The Balaban J connectivity index is 2.34. The van der Waals surface area contributed by atoms with E-state index in [1.54, 1.807) is 6.92 Å². The summed E-state index contributed by atoms with van der Waals surface area (Å²) in [5.41, 5.74) is -0.0960. The van der Waals surface area contributed by atoms with Crippen LogP contribution in [0.25, 0.3) is 0 Å². The van der Waals surface area contributed by atoms with Crippen molar-refractivity contribution in [3.63, 3.8) is 0 Å². The second-order valence-corrected chi connectivity index (χ2v) is 5.78. The van der Waals surface area contributed by atoms with Gasteiger partial charge >= 0.3 is 5.97 Å². The molecule has 1 N–H and O–H groups in total. The van der Waals surface area contributed by atoms with E-state index in [9.17, 15) is 9.59 Å². The Bertz CT molecular complexity index is 518. The van der Waals surface area contributed by atoms with Crippen LogP contribution in [0.2, 0.25) is 0 Å². The van der Waals surface area contributed by atoms with Gasteiger partial charge in [0.2, 0.25) is 0 Å². The minimum absolute atomic E-state index is 0.0852. The van der Waals surface area contributed by atoms with Crippen molar-refractivity contribution < 1.29 is 14.3 Å². The molecule has 0 spiro atoms. The quantitative estimate of drug-likeness (QED) is 0.674. The van der Waals surface area contributed by atoms with Crippen LogP contribution in [-0.2, 0) is 20.7 Å². The van der Waals surface area contributed by atoms with Crippen molar-refractivity contribution in [2.45, 2.75) is 19.8 Å². The number of hydrogen-bond acceptors (Lipinski definition) is 4. The molecule has 0 amide bonds. The Labute approximate surface area is 127 Å². The van der Waals surface area contributed by atoms with E-state index >= 15 is 0 Å². The molecular weight excluding hydrogens is 322 g/mol. The van der Waals surface area contributed by atoms with Gasteiger partial charge in [0.05, 0.1) is 13.2 Å². The van der Waals surface area contributed by atoms with E-state index in [1.807, 2.05) is 24.3 Å². The Kier molecular flexibility index (Phi) is 4.94. The SMILES string of the molecule is CCOC(=O)C1(Cc2ccccc2Br)CCNCC1=O. The molecule has 4 nitrogen and oxygen atoms in total. The number of benzene rings is 1. The molecule has 1 saturated heterocycles. The van der Waals surface area contributed by atoms with Gasteiger partial charge < -0.3 is 10.1 Å². The van der Waals surface area contributed by atoms with Crippen molar-refractivity contribution in [3.8, 4) is 0 Å². The lowest BCUT2D eigenvalue weighted by molar-refractivity contribution is -0.161. The van der Waals surface area contributed by atoms with Crippen LogP contribution in [0.5, 0.6) is 0 Å². The van der Waals surface area contributed by atoms with Crippen molar-refractivity contribution in [2.24, 2.45) is 5.41 Å². The summed E-state index contributed by atoms with van der Waals surface area (Å²) >= 11 is 3.48. The molecule has 2 rings (SSSR count). The fourth-order valence-corrected chi connectivity index (χ4v) is 2.95. The fourth-order valence-electron chi connectivity index (χ4n) is 2.52. The molecule has 0 aromatic heterocycles. The number of piperidine rings is 1. The molecule has 1 aromatic rings. The Morgan fingerprint density at radius 3 is 2.85 bits per heavy atom. The van der Waals surface area contributed by atoms with Gasteiger partial charge in [-0.1, -0.05) is 34.1 Å². The van der Waals surface area contributed by atoms with Gasteiger partial charge in [-0.15, -0.1) is 0 Å². The lowest BCUT2D eigenvalue weighted by Gasteiger charge is -2.34. The first kappa shape index (κ1) is 15.2. The van der Waals surface area contributed by atoms with Crippen molar-refractivity contribution in [2.75, 3.05) is 19.7 Å². The van der Waals surface area contributed by atoms with Gasteiger partial charge in [-0.2, -0.15) is 0 Å². The van der Waals surface area contributed by atoms with Gasteiger partial charge in [-0.25, -0.2) is 0 Å². The number of nitrogens with one attached hydrogen (secondary N) is 1. The fraction of sp³-hybridized carbons (Fsp3) is 0.467. The normalized spacial score (nSPS) is 22.6. The molecule has 1 aromatic carbocycles. The van der Waals surface area contributed by atoms with Crippen LogP contribution in [0.4, 0.5) is 0 Å². The summed E-state index contributed by atoms with van der Waals surface area (Å²) < 4.78 is 6.08. The molecule has 1 fully saturated rings. The third-order valence-electron chi connectivity index (χ3n) is 3.66. The standard InChI is InChI=1S/C15H18BrNO3/c1-2-20-14(19)15(7-8-17-10-13(15)18)9-11-5-3-4-6-12(11)16/h3-6,17H,2,7-10H2,1H3. The van der Waals surface area contributed by atoms with Crippen molar-refractivity contribution in [3.05, 3.63) is 34.3 Å². The number of carbonyl (C=O) groups is 2. The zero-order valence-electron chi connectivity index (χ0n) is 11.4. The molecule has 5 heteroatoms. The molecule has 1 aliphatic heterocycles. The third-order valence-corrected chi connectivity index (χ3v) is 4.44. The molecular formula is C15H18BrNO3. The van der Waals surface area contributed by atoms with Gasteiger partial charge in [0.25, 0.3) is 0 Å². The highest BCUT2D eigenvalue weighted by Gasteiger charge is 2.48. The van der Waals surface area contributed by atoms with Crippen molar-refractivity contribution >= 4 is 27.7 Å². The number of Topliss-reactive ketones (excluding diaryl/α,β-unsaturated/α-hetero) is 1. The van der Waals surface area contributed by atoms with Gasteiger partial charge in [0.15, 0.2) is 5.78 Å². The number of rotatable bonds is 4. The van der Waals surface area contributed by atoms with Gasteiger partial charge in [-0.3, -0.25) is 9.59 Å².